The van der Waals surface area contributed by atoms with Crippen LogP contribution in [0.4, 0.5) is 4.39 Å². The molecule has 1 fully saturated rings. The Kier molecular flexibility index (Phi) is 5.26. The van der Waals surface area contributed by atoms with Gasteiger partial charge in [-0.3, -0.25) is 0 Å². The van der Waals surface area contributed by atoms with E-state index < -0.39 is 0 Å². The third-order valence-corrected chi connectivity index (χ3v) is 6.06. The minimum Gasteiger partial charge on any atom is -0.207 e. The molecular weight excluding hydrogens is 306 g/mol. The van der Waals surface area contributed by atoms with Crippen LogP contribution < -0.4 is 0 Å². The average Bonchev–Trinajstić information content (AvgIpc) is 2.42. The first-order chi connectivity index (χ1) is 9.76. The van der Waals surface area contributed by atoms with Gasteiger partial charge in [0.1, 0.15) is 5.82 Å². The first-order valence-corrected chi connectivity index (χ1v) is 8.67. The molecule has 0 unspecified atom stereocenters. The van der Waals surface area contributed by atoms with E-state index in [1.807, 2.05) is 0 Å². The molecular formula is C18H25Cl2F. The summed E-state index contributed by atoms with van der Waals surface area (Å²) in [5.74, 6) is 1.15. The van der Waals surface area contributed by atoms with Crippen LogP contribution in [-0.2, 0) is 6.42 Å². The molecule has 0 bridgehead atoms. The van der Waals surface area contributed by atoms with E-state index in [0.29, 0.717) is 16.3 Å². The van der Waals surface area contributed by atoms with Crippen LogP contribution in [0, 0.1) is 22.6 Å². The first kappa shape index (κ1) is 17.1. The van der Waals surface area contributed by atoms with E-state index in [4.69, 9.17) is 23.2 Å². The van der Waals surface area contributed by atoms with Gasteiger partial charge in [-0.15, -0.1) is 11.6 Å². The van der Waals surface area contributed by atoms with Gasteiger partial charge in [0.2, 0.25) is 0 Å². The molecule has 0 spiro atoms. The van der Waals surface area contributed by atoms with Gasteiger partial charge in [0.05, 0.1) is 0 Å². The van der Waals surface area contributed by atoms with Gasteiger partial charge in [-0.25, -0.2) is 4.39 Å². The monoisotopic (exact) mass is 330 g/mol. The maximum atomic E-state index is 13.5. The highest BCUT2D eigenvalue weighted by Gasteiger charge is 2.38. The smallest absolute Gasteiger partial charge is 0.123 e. The quantitative estimate of drug-likeness (QED) is 0.556. The van der Waals surface area contributed by atoms with Crippen molar-refractivity contribution in [2.24, 2.45) is 16.7 Å². The number of hydrogen-bond donors (Lipinski definition) is 0. The summed E-state index contributed by atoms with van der Waals surface area (Å²) in [4.78, 5) is 0. The van der Waals surface area contributed by atoms with E-state index in [1.54, 1.807) is 12.1 Å². The standard InChI is InChI=1S/C18H25Cl2F/c1-17(2,3)14-6-8-18(12-19,9-7-14)11-13-10-15(21)4-5-16(13)20/h4-5,10,14H,6-9,11-12H2,1-3H3. The van der Waals surface area contributed by atoms with Gasteiger partial charge in [-0.1, -0.05) is 32.4 Å². The molecule has 1 aliphatic carbocycles. The summed E-state index contributed by atoms with van der Waals surface area (Å²) in [5.41, 5.74) is 1.32. The molecule has 0 aromatic heterocycles. The van der Waals surface area contributed by atoms with Crippen LogP contribution in [0.2, 0.25) is 5.02 Å². The molecule has 0 saturated heterocycles. The lowest BCUT2D eigenvalue weighted by molar-refractivity contribution is 0.102. The molecule has 1 aliphatic rings. The van der Waals surface area contributed by atoms with Crippen LogP contribution in [0.15, 0.2) is 18.2 Å². The van der Waals surface area contributed by atoms with E-state index in [2.05, 4.69) is 20.8 Å². The molecule has 0 aliphatic heterocycles. The zero-order chi connectivity index (χ0) is 15.7. The van der Waals surface area contributed by atoms with E-state index in [1.165, 1.54) is 18.9 Å². The fraction of sp³-hybridized carbons (Fsp3) is 0.667. The Bertz CT molecular complexity index is 482. The Morgan fingerprint density at radius 1 is 1.24 bits per heavy atom. The van der Waals surface area contributed by atoms with Crippen molar-refractivity contribution in [3.05, 3.63) is 34.6 Å². The van der Waals surface area contributed by atoms with Crippen molar-refractivity contribution in [2.75, 3.05) is 5.88 Å². The van der Waals surface area contributed by atoms with Crippen LogP contribution >= 0.6 is 23.2 Å². The summed E-state index contributed by atoms with van der Waals surface area (Å²) >= 11 is 12.5. The van der Waals surface area contributed by atoms with E-state index in [0.717, 1.165) is 30.7 Å². The summed E-state index contributed by atoms with van der Waals surface area (Å²) in [5, 5.41) is 0.652. The Morgan fingerprint density at radius 2 is 1.86 bits per heavy atom. The van der Waals surface area contributed by atoms with E-state index in [-0.39, 0.29) is 11.2 Å². The maximum Gasteiger partial charge on any atom is 0.123 e. The number of hydrogen-bond acceptors (Lipinski definition) is 0. The molecule has 0 heterocycles. The third kappa shape index (κ3) is 4.13. The highest BCUT2D eigenvalue weighted by Crippen LogP contribution is 2.47. The molecule has 1 aromatic rings. The van der Waals surface area contributed by atoms with E-state index in [9.17, 15) is 4.39 Å². The second-order valence-corrected chi connectivity index (χ2v) is 8.36. The Balaban J connectivity index is 2.12. The lowest BCUT2D eigenvalue weighted by Gasteiger charge is -2.43. The van der Waals surface area contributed by atoms with Crippen LogP contribution in [0.1, 0.15) is 52.0 Å². The fourth-order valence-electron chi connectivity index (χ4n) is 3.54. The number of halogens is 3. The minimum atomic E-state index is -0.220. The van der Waals surface area contributed by atoms with Crippen LogP contribution in [0.25, 0.3) is 0 Å². The molecule has 2 rings (SSSR count). The van der Waals surface area contributed by atoms with Gasteiger partial charge in [0, 0.05) is 10.9 Å². The van der Waals surface area contributed by atoms with Crippen molar-refractivity contribution in [3.63, 3.8) is 0 Å². The van der Waals surface area contributed by atoms with Crippen molar-refractivity contribution >= 4 is 23.2 Å². The molecule has 3 heteroatoms. The highest BCUT2D eigenvalue weighted by molar-refractivity contribution is 6.31. The van der Waals surface area contributed by atoms with E-state index >= 15 is 0 Å². The average molecular weight is 331 g/mol. The number of rotatable bonds is 3. The molecule has 0 N–H and O–H groups in total. The van der Waals surface area contributed by atoms with Gasteiger partial charge in [-0.05, 0) is 72.6 Å². The Labute approximate surface area is 138 Å². The lowest BCUT2D eigenvalue weighted by Crippen LogP contribution is -2.35. The van der Waals surface area contributed by atoms with Crippen LogP contribution in [-0.4, -0.2) is 5.88 Å². The Hall–Kier alpha value is -0.270. The van der Waals surface area contributed by atoms with Gasteiger partial charge < -0.3 is 0 Å². The Morgan fingerprint density at radius 3 is 2.38 bits per heavy atom. The molecule has 1 saturated carbocycles. The number of benzene rings is 1. The van der Waals surface area contributed by atoms with Gasteiger partial charge in [-0.2, -0.15) is 0 Å². The predicted octanol–water partition coefficient (Wildman–Crippen LogP) is 6.48. The van der Waals surface area contributed by atoms with Gasteiger partial charge in [0.15, 0.2) is 0 Å². The van der Waals surface area contributed by atoms with Crippen molar-refractivity contribution < 1.29 is 4.39 Å². The second-order valence-electron chi connectivity index (χ2n) is 7.69. The van der Waals surface area contributed by atoms with Crippen molar-refractivity contribution in [2.45, 2.75) is 52.9 Å². The minimum absolute atomic E-state index is 0.0702. The second kappa shape index (κ2) is 6.46. The summed E-state index contributed by atoms with van der Waals surface area (Å²) in [7, 11) is 0. The highest BCUT2D eigenvalue weighted by atomic mass is 35.5. The molecule has 0 radical (unpaired) electrons. The van der Waals surface area contributed by atoms with Crippen LogP contribution in [0.5, 0.6) is 0 Å². The summed E-state index contributed by atoms with van der Waals surface area (Å²) in [6.07, 6.45) is 5.38. The molecule has 0 atom stereocenters. The summed E-state index contributed by atoms with van der Waals surface area (Å²) < 4.78 is 13.5. The van der Waals surface area contributed by atoms with Gasteiger partial charge >= 0.3 is 0 Å². The van der Waals surface area contributed by atoms with Gasteiger partial charge in [0.25, 0.3) is 0 Å². The van der Waals surface area contributed by atoms with Crippen molar-refractivity contribution in [3.8, 4) is 0 Å². The van der Waals surface area contributed by atoms with Crippen molar-refractivity contribution in [1.29, 1.82) is 0 Å². The maximum absolute atomic E-state index is 13.5. The zero-order valence-corrected chi connectivity index (χ0v) is 14.7. The molecule has 118 valence electrons. The number of alkyl halides is 1. The zero-order valence-electron chi connectivity index (χ0n) is 13.2. The van der Waals surface area contributed by atoms with Crippen LogP contribution in [0.3, 0.4) is 0 Å². The first-order valence-electron chi connectivity index (χ1n) is 7.76. The molecule has 0 nitrogen and oxygen atoms in total. The van der Waals surface area contributed by atoms with Crippen molar-refractivity contribution in [1.82, 2.24) is 0 Å². The largest absolute Gasteiger partial charge is 0.207 e. The third-order valence-electron chi connectivity index (χ3n) is 5.13. The molecule has 0 amide bonds. The molecule has 1 aromatic carbocycles. The summed E-state index contributed by atoms with van der Waals surface area (Å²) in [6.45, 7) is 6.94. The molecule has 21 heavy (non-hydrogen) atoms. The summed E-state index contributed by atoms with van der Waals surface area (Å²) in [6, 6.07) is 4.62. The fourth-order valence-corrected chi connectivity index (χ4v) is 4.08. The lowest BCUT2D eigenvalue weighted by atomic mass is 9.63. The predicted molar refractivity (Wildman–Crippen MR) is 89.7 cm³/mol. The SMILES string of the molecule is CC(C)(C)C1CCC(CCl)(Cc2cc(F)ccc2Cl)CC1. The normalized spacial score (nSPS) is 26.9. The topological polar surface area (TPSA) is 0 Å².